The number of nitrogens with zero attached hydrogens (tertiary/aromatic N) is 9. The molecule has 544 valence electrons. The summed E-state index contributed by atoms with van der Waals surface area (Å²) in [5, 5.41) is 0.202. The van der Waals surface area contributed by atoms with Crippen LogP contribution in [0.5, 0.6) is 0 Å². The first-order valence-corrected chi connectivity index (χ1v) is 38.6. The predicted octanol–water partition coefficient (Wildman–Crippen LogP) is 20.7. The van der Waals surface area contributed by atoms with Gasteiger partial charge < -0.3 is 18.6 Å². The molecule has 109 heavy (non-hydrogen) atoms. The van der Waals surface area contributed by atoms with Gasteiger partial charge in [-0.2, -0.15) is 9.97 Å². The zero-order valence-corrected chi connectivity index (χ0v) is 64.1. The quantitative estimate of drug-likeness (QED) is 0.0950. The largest absolute Gasteiger partial charge is 0.494 e. The van der Waals surface area contributed by atoms with Gasteiger partial charge in [0.1, 0.15) is 0 Å². The van der Waals surface area contributed by atoms with E-state index in [0.29, 0.717) is 46.6 Å². The lowest BCUT2D eigenvalue weighted by Crippen LogP contribution is -2.41. The lowest BCUT2D eigenvalue weighted by molar-refractivity contribution is 0.00578. The summed E-state index contributed by atoms with van der Waals surface area (Å²) in [5.41, 5.74) is 13.8. The second-order valence-corrected chi connectivity index (χ2v) is 31.3. The Hall–Kier alpha value is -10.5. The Balaban J connectivity index is 0.000000147. The van der Waals surface area contributed by atoms with Crippen LogP contribution in [0.15, 0.2) is 279 Å². The first-order chi connectivity index (χ1) is 52.8. The minimum absolute atomic E-state index is 0.0289. The van der Waals surface area contributed by atoms with Gasteiger partial charge in [-0.1, -0.05) is 318 Å². The number of halogens is 1. The van der Waals surface area contributed by atoms with E-state index < -0.39 is 0 Å². The van der Waals surface area contributed by atoms with Crippen LogP contribution in [0.4, 0.5) is 0 Å². The van der Waals surface area contributed by atoms with Gasteiger partial charge in [-0.05, 0) is 126 Å². The third-order valence-corrected chi connectivity index (χ3v) is 23.0. The summed E-state index contributed by atoms with van der Waals surface area (Å²) in [5.74, 6) is 5.15. The summed E-state index contributed by atoms with van der Waals surface area (Å²) in [4.78, 5) is 42.4. The van der Waals surface area contributed by atoms with E-state index in [-0.39, 0.29) is 52.8 Å². The lowest BCUT2D eigenvalue weighted by Gasteiger charge is -2.39. The first-order valence-electron chi connectivity index (χ1n) is 38.2. The highest BCUT2D eigenvalue weighted by molar-refractivity contribution is 6.62. The van der Waals surface area contributed by atoms with Gasteiger partial charge in [0.15, 0.2) is 46.6 Å². The van der Waals surface area contributed by atoms with Crippen LogP contribution in [0.3, 0.4) is 0 Å². The van der Waals surface area contributed by atoms with Crippen LogP contribution < -0.4 is 10.9 Å². The minimum atomic E-state index is -0.333. The van der Waals surface area contributed by atoms with E-state index in [0.717, 1.165) is 68.3 Å². The van der Waals surface area contributed by atoms with Crippen LogP contribution >= 0.6 is 11.6 Å². The fourth-order valence-corrected chi connectivity index (χ4v) is 15.4. The van der Waals surface area contributed by atoms with Crippen molar-refractivity contribution in [3.63, 3.8) is 0 Å². The van der Waals surface area contributed by atoms with Crippen molar-refractivity contribution in [3.05, 3.63) is 307 Å². The van der Waals surface area contributed by atoms with E-state index >= 15 is 0 Å². The molecule has 2 saturated carbocycles. The molecule has 4 fully saturated rings. The molecule has 0 amide bonds. The van der Waals surface area contributed by atoms with Crippen LogP contribution in [0.1, 0.15) is 142 Å². The summed E-state index contributed by atoms with van der Waals surface area (Å²) < 4.78 is 25.2. The van der Waals surface area contributed by atoms with Gasteiger partial charge in [0.05, 0.1) is 22.4 Å². The van der Waals surface area contributed by atoms with Gasteiger partial charge in [-0.25, -0.2) is 34.9 Å². The smallest absolute Gasteiger partial charge is 0.399 e. The molecule has 5 heterocycles. The first kappa shape index (κ1) is 74.0. The Labute approximate surface area is 646 Å². The normalized spacial score (nSPS) is 17.1. The zero-order chi connectivity index (χ0) is 75.2. The zero-order valence-electron chi connectivity index (χ0n) is 63.3. The summed E-state index contributed by atoms with van der Waals surface area (Å²) in [6.07, 6.45) is 11.9. The van der Waals surface area contributed by atoms with E-state index in [2.05, 4.69) is 167 Å². The SMILES string of the molecule is CC1(C)OB(c2ccc(C3(c4ccc(B5OC(C)(C)C(C)(C)O5)cc4)CCCCC3)cc2)OC1(C)C.Clc1nc(-c2ccccc2)nc(-c2ccccc2)n1.c1ccc(-c2nc(-c3ccccc3)nc(-c3ccc(C4(c5ccc(-c6nc(-c7ccccc7)nc(-c7ccccc7)n6)cc5)CCCCC4)cc3)n2)cc1. The van der Waals surface area contributed by atoms with Gasteiger partial charge in [0.2, 0.25) is 5.28 Å². The Morgan fingerprint density at radius 2 is 0.413 bits per heavy atom. The highest BCUT2D eigenvalue weighted by atomic mass is 35.5. The molecule has 13 aromatic rings. The predicted molar refractivity (Wildman–Crippen MR) is 440 cm³/mol. The van der Waals surface area contributed by atoms with Crippen molar-refractivity contribution in [3.8, 4) is 91.1 Å². The van der Waals surface area contributed by atoms with Crippen LogP contribution in [0.2, 0.25) is 5.28 Å². The monoisotopic (exact) mass is 1450 g/mol. The summed E-state index contributed by atoms with van der Waals surface area (Å²) in [6, 6.07) is 95.8. The molecule has 3 aromatic heterocycles. The van der Waals surface area contributed by atoms with E-state index in [1.807, 2.05) is 182 Å². The van der Waals surface area contributed by atoms with Crippen molar-refractivity contribution in [1.29, 1.82) is 0 Å². The number of rotatable bonds is 14. The molecule has 10 aromatic carbocycles. The van der Waals surface area contributed by atoms with Crippen molar-refractivity contribution in [2.45, 2.75) is 153 Å². The number of hydrogen-bond acceptors (Lipinski definition) is 13. The van der Waals surface area contributed by atoms with Gasteiger partial charge in [-0.15, -0.1) is 0 Å². The van der Waals surface area contributed by atoms with Gasteiger partial charge in [0.25, 0.3) is 0 Å². The maximum atomic E-state index is 6.29. The molecular weight excluding hydrogens is 1360 g/mol. The second kappa shape index (κ2) is 31.6. The van der Waals surface area contributed by atoms with E-state index in [9.17, 15) is 0 Å². The molecule has 0 N–H and O–H groups in total. The molecule has 0 unspecified atom stereocenters. The molecule has 17 rings (SSSR count). The molecule has 16 heteroatoms. The van der Waals surface area contributed by atoms with Crippen molar-refractivity contribution >= 4 is 36.8 Å². The number of benzene rings is 10. The fraction of sp³-hybridized carbons (Fsp3) is 0.258. The third kappa shape index (κ3) is 16.0. The molecule has 0 radical (unpaired) electrons. The van der Waals surface area contributed by atoms with E-state index in [1.165, 1.54) is 73.6 Å². The Morgan fingerprint density at radius 3 is 0.624 bits per heavy atom. The summed E-state index contributed by atoms with van der Waals surface area (Å²) in [6.45, 7) is 16.8. The van der Waals surface area contributed by atoms with Gasteiger partial charge in [0, 0.05) is 55.3 Å². The molecule has 4 aliphatic rings. The average molecular weight is 1450 g/mol. The number of hydrogen-bond donors (Lipinski definition) is 0. The molecule has 13 nitrogen and oxygen atoms in total. The maximum absolute atomic E-state index is 6.29. The van der Waals surface area contributed by atoms with Crippen LogP contribution in [0.25, 0.3) is 91.1 Å². The molecule has 2 aliphatic heterocycles. The lowest BCUT2D eigenvalue weighted by atomic mass is 9.64. The van der Waals surface area contributed by atoms with Crippen LogP contribution in [-0.4, -0.2) is 81.5 Å². The van der Waals surface area contributed by atoms with Gasteiger partial charge in [-0.3, -0.25) is 0 Å². The highest BCUT2D eigenvalue weighted by Gasteiger charge is 2.53. The molecular formula is C93H90B2ClN9O4. The standard InChI is InChI=1S/C48H38N6.C30H42B2O4.C15H10ClN3/c1-6-16-34(17-7-1)42-49-43(35-18-8-2-9-19-35)52-46(51-42)38-24-28-40(29-25-38)48(32-14-5-15-33-48)41-30-26-39(27-31-41)47-53-44(36-20-10-3-11-21-36)50-45(54-47)37-22-12-4-13-23-37;1-26(2)27(3,4)34-31(33-26)24-16-12-22(13-17-24)30(20-10-9-11-21-30)23-14-18-25(19-15-23)32-35-28(5,6)29(7,8)36-32;16-15-18-13(11-7-3-1-4-8-11)17-14(19-15)12-9-5-2-6-10-12/h1-4,6-13,16-31H,5,14-15,32-33H2;12-19H,9-11,20-21H2,1-8H3;1-10H. The van der Waals surface area contributed by atoms with Crippen molar-refractivity contribution in [2.24, 2.45) is 0 Å². The maximum Gasteiger partial charge on any atom is 0.494 e. The Bertz CT molecular complexity index is 4760. The number of aromatic nitrogens is 9. The minimum Gasteiger partial charge on any atom is -0.399 e. The topological polar surface area (TPSA) is 153 Å². The second-order valence-electron chi connectivity index (χ2n) is 30.9. The third-order valence-electron chi connectivity index (χ3n) is 22.9. The molecule has 2 aliphatic carbocycles. The molecule has 0 atom stereocenters. The average Bonchev–Trinajstić information content (AvgIpc) is 1.67. The van der Waals surface area contributed by atoms with Crippen molar-refractivity contribution in [1.82, 2.24) is 44.9 Å². The van der Waals surface area contributed by atoms with E-state index in [4.69, 9.17) is 60.1 Å². The van der Waals surface area contributed by atoms with Gasteiger partial charge >= 0.3 is 14.2 Å². The molecule has 2 saturated heterocycles. The van der Waals surface area contributed by atoms with Crippen LogP contribution in [-0.2, 0) is 29.4 Å². The molecule has 0 spiro atoms. The fourth-order valence-electron chi connectivity index (χ4n) is 15.2. The summed E-state index contributed by atoms with van der Waals surface area (Å²) >= 11 is 5.99. The van der Waals surface area contributed by atoms with Crippen molar-refractivity contribution in [2.75, 3.05) is 0 Å². The Kier molecular flexibility index (Phi) is 21.4. The van der Waals surface area contributed by atoms with Crippen molar-refractivity contribution < 1.29 is 18.6 Å². The highest BCUT2D eigenvalue weighted by Crippen LogP contribution is 2.48. The van der Waals surface area contributed by atoms with E-state index in [1.54, 1.807) is 0 Å². The van der Waals surface area contributed by atoms with Crippen LogP contribution in [0, 0.1) is 0 Å². The molecule has 0 bridgehead atoms. The Morgan fingerprint density at radius 1 is 0.229 bits per heavy atom. The summed E-state index contributed by atoms with van der Waals surface area (Å²) in [7, 11) is -0.656.